The molecule has 6 nitrogen and oxygen atoms in total. The molecule has 2 N–H and O–H groups in total. The molecular weight excluding hydrogens is 252 g/mol. The standard InChI is InChI=1S/C11H20N4O2S/c1-2-7-12-8-3-4-10-18(16,17)15-11-6-5-9-13-14-11/h5-6,9,12H,2-4,7-8,10H2,1H3,(H,14,15). The second-order valence-corrected chi connectivity index (χ2v) is 5.83. The topological polar surface area (TPSA) is 84.0 Å². The van der Waals surface area contributed by atoms with Gasteiger partial charge in [0, 0.05) is 6.20 Å². The highest BCUT2D eigenvalue weighted by molar-refractivity contribution is 7.92. The Morgan fingerprint density at radius 3 is 2.78 bits per heavy atom. The molecule has 102 valence electrons. The van der Waals surface area contributed by atoms with Crippen LogP contribution in [0, 0.1) is 0 Å². The predicted molar refractivity (Wildman–Crippen MR) is 71.8 cm³/mol. The van der Waals surface area contributed by atoms with Crippen LogP contribution in [0.2, 0.25) is 0 Å². The lowest BCUT2D eigenvalue weighted by Crippen LogP contribution is -2.20. The molecule has 0 radical (unpaired) electrons. The fraction of sp³-hybridized carbons (Fsp3) is 0.636. The van der Waals surface area contributed by atoms with Crippen molar-refractivity contribution in [1.29, 1.82) is 0 Å². The van der Waals surface area contributed by atoms with Crippen molar-refractivity contribution in [2.45, 2.75) is 26.2 Å². The number of hydrogen-bond acceptors (Lipinski definition) is 5. The van der Waals surface area contributed by atoms with Gasteiger partial charge in [0.1, 0.15) is 0 Å². The fourth-order valence-corrected chi connectivity index (χ4v) is 2.52. The van der Waals surface area contributed by atoms with E-state index in [0.29, 0.717) is 6.42 Å². The zero-order chi connectivity index (χ0) is 13.3. The first-order chi connectivity index (χ1) is 8.64. The zero-order valence-electron chi connectivity index (χ0n) is 10.6. The van der Waals surface area contributed by atoms with Gasteiger partial charge in [-0.25, -0.2) is 8.42 Å². The molecule has 1 aromatic heterocycles. The van der Waals surface area contributed by atoms with Crippen molar-refractivity contribution >= 4 is 15.8 Å². The van der Waals surface area contributed by atoms with Crippen molar-refractivity contribution < 1.29 is 8.42 Å². The van der Waals surface area contributed by atoms with Crippen LogP contribution in [0.3, 0.4) is 0 Å². The molecule has 0 bridgehead atoms. The van der Waals surface area contributed by atoms with Crippen LogP contribution in [0.5, 0.6) is 0 Å². The van der Waals surface area contributed by atoms with Gasteiger partial charge >= 0.3 is 0 Å². The lowest BCUT2D eigenvalue weighted by molar-refractivity contribution is 0.590. The number of hydrogen-bond donors (Lipinski definition) is 2. The Hall–Kier alpha value is -1.21. The molecule has 0 aliphatic heterocycles. The maximum Gasteiger partial charge on any atom is 0.233 e. The number of nitrogens with zero attached hydrogens (tertiary/aromatic N) is 2. The number of anilines is 1. The van der Waals surface area contributed by atoms with Crippen molar-refractivity contribution in [1.82, 2.24) is 15.5 Å². The van der Waals surface area contributed by atoms with Crippen LogP contribution in [-0.2, 0) is 10.0 Å². The molecule has 0 fully saturated rings. The van der Waals surface area contributed by atoms with Crippen molar-refractivity contribution in [2.75, 3.05) is 23.6 Å². The third-order valence-corrected chi connectivity index (χ3v) is 3.62. The zero-order valence-corrected chi connectivity index (χ0v) is 11.4. The first-order valence-corrected chi connectivity index (χ1v) is 7.78. The molecular formula is C11H20N4O2S. The van der Waals surface area contributed by atoms with E-state index in [2.05, 4.69) is 27.2 Å². The summed E-state index contributed by atoms with van der Waals surface area (Å²) >= 11 is 0. The van der Waals surface area contributed by atoms with E-state index in [4.69, 9.17) is 0 Å². The first kappa shape index (κ1) is 14.8. The molecule has 1 aromatic rings. The summed E-state index contributed by atoms with van der Waals surface area (Å²) in [7, 11) is -3.31. The van der Waals surface area contributed by atoms with E-state index in [1.165, 1.54) is 6.20 Å². The summed E-state index contributed by atoms with van der Waals surface area (Å²) in [5.74, 6) is 0.374. The highest BCUT2D eigenvalue weighted by atomic mass is 32.2. The molecule has 18 heavy (non-hydrogen) atoms. The van der Waals surface area contributed by atoms with Crippen LogP contribution in [0.15, 0.2) is 18.3 Å². The van der Waals surface area contributed by atoms with Gasteiger partial charge in [0.05, 0.1) is 5.75 Å². The van der Waals surface area contributed by atoms with Gasteiger partial charge in [-0.3, -0.25) is 4.72 Å². The fourth-order valence-electron chi connectivity index (χ4n) is 1.41. The Balaban J connectivity index is 2.24. The Kier molecular flexibility index (Phi) is 6.59. The number of aromatic nitrogens is 2. The average Bonchev–Trinajstić information content (AvgIpc) is 2.34. The van der Waals surface area contributed by atoms with Crippen LogP contribution in [-0.4, -0.2) is 37.5 Å². The second kappa shape index (κ2) is 7.99. The van der Waals surface area contributed by atoms with Gasteiger partial charge in [-0.05, 0) is 44.5 Å². The normalized spacial score (nSPS) is 11.4. The summed E-state index contributed by atoms with van der Waals surface area (Å²) in [4.78, 5) is 0. The molecule has 0 spiro atoms. The monoisotopic (exact) mass is 272 g/mol. The summed E-state index contributed by atoms with van der Waals surface area (Å²) in [5, 5.41) is 10.5. The minimum Gasteiger partial charge on any atom is -0.317 e. The van der Waals surface area contributed by atoms with Gasteiger partial charge in [0.25, 0.3) is 0 Å². The molecule has 0 atom stereocenters. The van der Waals surface area contributed by atoms with Crippen molar-refractivity contribution in [3.05, 3.63) is 18.3 Å². The van der Waals surface area contributed by atoms with E-state index < -0.39 is 10.0 Å². The van der Waals surface area contributed by atoms with E-state index in [-0.39, 0.29) is 11.6 Å². The lowest BCUT2D eigenvalue weighted by Gasteiger charge is -2.06. The summed E-state index contributed by atoms with van der Waals surface area (Å²) in [6.07, 6.45) is 4.07. The SMILES string of the molecule is CCCNCCCCS(=O)(=O)Nc1cccnn1. The van der Waals surface area contributed by atoms with Gasteiger partial charge in [0.2, 0.25) is 10.0 Å². The maximum atomic E-state index is 11.7. The minimum absolute atomic E-state index is 0.109. The van der Waals surface area contributed by atoms with E-state index >= 15 is 0 Å². The van der Waals surface area contributed by atoms with Crippen LogP contribution in [0.4, 0.5) is 5.82 Å². The van der Waals surface area contributed by atoms with Gasteiger partial charge in [-0.15, -0.1) is 5.10 Å². The van der Waals surface area contributed by atoms with Gasteiger partial charge < -0.3 is 5.32 Å². The molecule has 7 heteroatoms. The third-order valence-electron chi connectivity index (χ3n) is 2.28. The van der Waals surface area contributed by atoms with Crippen LogP contribution < -0.4 is 10.0 Å². The molecule has 0 amide bonds. The summed E-state index contributed by atoms with van der Waals surface area (Å²) < 4.78 is 25.8. The molecule has 0 aliphatic carbocycles. The quantitative estimate of drug-likeness (QED) is 0.655. The van der Waals surface area contributed by atoms with Crippen LogP contribution in [0.1, 0.15) is 26.2 Å². The number of sulfonamides is 1. The lowest BCUT2D eigenvalue weighted by atomic mass is 10.3. The van der Waals surface area contributed by atoms with Crippen LogP contribution in [0.25, 0.3) is 0 Å². The molecule has 0 aromatic carbocycles. The molecule has 0 saturated heterocycles. The number of unbranched alkanes of at least 4 members (excludes halogenated alkanes) is 1. The van der Waals surface area contributed by atoms with E-state index in [1.807, 2.05) is 0 Å². The summed E-state index contributed by atoms with van der Waals surface area (Å²) in [6.45, 7) is 3.93. The molecule has 0 aliphatic rings. The predicted octanol–water partition coefficient (Wildman–Crippen LogP) is 0.998. The Morgan fingerprint density at radius 1 is 1.28 bits per heavy atom. The van der Waals surface area contributed by atoms with Crippen LogP contribution >= 0.6 is 0 Å². The highest BCUT2D eigenvalue weighted by Crippen LogP contribution is 2.04. The smallest absolute Gasteiger partial charge is 0.233 e. The van der Waals surface area contributed by atoms with Crippen molar-refractivity contribution in [2.24, 2.45) is 0 Å². The minimum atomic E-state index is -3.31. The maximum absolute atomic E-state index is 11.7. The molecule has 1 rings (SSSR count). The highest BCUT2D eigenvalue weighted by Gasteiger charge is 2.10. The first-order valence-electron chi connectivity index (χ1n) is 6.13. The Labute approximate surface area is 108 Å². The number of nitrogens with one attached hydrogen (secondary N) is 2. The molecule has 0 saturated carbocycles. The average molecular weight is 272 g/mol. The second-order valence-electron chi connectivity index (χ2n) is 3.99. The number of rotatable bonds is 9. The van der Waals surface area contributed by atoms with Crippen molar-refractivity contribution in [3.63, 3.8) is 0 Å². The molecule has 1 heterocycles. The summed E-state index contributed by atoms with van der Waals surface area (Å²) in [6, 6.07) is 3.22. The van der Waals surface area contributed by atoms with E-state index in [1.54, 1.807) is 12.1 Å². The third kappa shape index (κ3) is 6.51. The van der Waals surface area contributed by atoms with Gasteiger partial charge in [0.15, 0.2) is 5.82 Å². The van der Waals surface area contributed by atoms with E-state index in [9.17, 15) is 8.42 Å². The Morgan fingerprint density at radius 2 is 2.11 bits per heavy atom. The largest absolute Gasteiger partial charge is 0.317 e. The van der Waals surface area contributed by atoms with E-state index in [0.717, 1.165) is 25.9 Å². The Bertz CT molecular complexity index is 422. The van der Waals surface area contributed by atoms with Gasteiger partial charge in [-0.1, -0.05) is 6.92 Å². The summed E-state index contributed by atoms with van der Waals surface area (Å²) in [5.41, 5.74) is 0. The van der Waals surface area contributed by atoms with Crippen molar-refractivity contribution in [3.8, 4) is 0 Å². The van der Waals surface area contributed by atoms with Gasteiger partial charge in [-0.2, -0.15) is 5.10 Å². The molecule has 0 unspecified atom stereocenters.